The molecule has 0 fully saturated rings. The zero-order valence-electron chi connectivity index (χ0n) is 12.1. The molecule has 0 aromatic rings. The summed E-state index contributed by atoms with van der Waals surface area (Å²) in [6, 6.07) is 0. The van der Waals surface area contributed by atoms with Gasteiger partial charge in [0.1, 0.15) is 0 Å². The maximum atomic E-state index is 13.2. The Morgan fingerprint density at radius 1 is 0.769 bits per heavy atom. The van der Waals surface area contributed by atoms with Crippen molar-refractivity contribution in [1.82, 2.24) is 0 Å². The number of hydrogen-bond donors (Lipinski definition) is 1. The van der Waals surface area contributed by atoms with E-state index in [2.05, 4.69) is 0 Å². The van der Waals surface area contributed by atoms with Gasteiger partial charge in [0.15, 0.2) is 6.67 Å². The average Bonchev–Trinajstić information content (AvgIpc) is 2.45. The van der Waals surface area contributed by atoms with Crippen LogP contribution in [0.2, 0.25) is 0 Å². The molecule has 0 heterocycles. The van der Waals surface area contributed by atoms with E-state index in [0.717, 1.165) is 0 Å². The molecule has 0 aliphatic rings. The Morgan fingerprint density at radius 2 is 1.12 bits per heavy atom. The third-order valence-corrected chi connectivity index (χ3v) is 2.96. The lowest BCUT2D eigenvalue weighted by Crippen LogP contribution is -2.70. The summed E-state index contributed by atoms with van der Waals surface area (Å²) in [7, 11) is 0. The summed E-state index contributed by atoms with van der Waals surface area (Å²) in [6.45, 7) is -3.57. The van der Waals surface area contributed by atoms with Crippen LogP contribution in [0.25, 0.3) is 0 Å². The first kappa shape index (κ1) is 24.3. The van der Waals surface area contributed by atoms with E-state index in [-0.39, 0.29) is 6.92 Å². The van der Waals surface area contributed by atoms with Crippen molar-refractivity contribution in [3.8, 4) is 0 Å². The van der Waals surface area contributed by atoms with E-state index in [1.54, 1.807) is 0 Å². The van der Waals surface area contributed by atoms with Crippen molar-refractivity contribution in [3.63, 3.8) is 0 Å². The molecule has 0 rings (SSSR count). The molecule has 0 aliphatic carbocycles. The summed E-state index contributed by atoms with van der Waals surface area (Å²) < 4.78 is 168. The Labute approximate surface area is 135 Å². The van der Waals surface area contributed by atoms with E-state index in [4.69, 9.17) is 5.11 Å². The van der Waals surface area contributed by atoms with Crippen LogP contribution in [0.15, 0.2) is 11.6 Å². The van der Waals surface area contributed by atoms with Crippen LogP contribution >= 0.6 is 0 Å². The maximum Gasteiger partial charge on any atom is 0.385 e. The third kappa shape index (κ3) is 3.31. The minimum atomic E-state index is -7.87. The van der Waals surface area contributed by atoms with Gasteiger partial charge in [-0.3, -0.25) is 0 Å². The van der Waals surface area contributed by atoms with E-state index in [9.17, 15) is 61.9 Å². The first-order chi connectivity index (χ1) is 11.1. The third-order valence-electron chi connectivity index (χ3n) is 2.96. The molecule has 0 saturated heterocycles. The van der Waals surface area contributed by atoms with Crippen molar-refractivity contribution < 1.29 is 67.0 Å². The predicted octanol–water partition coefficient (Wildman–Crippen LogP) is 4.80. The van der Waals surface area contributed by atoms with Crippen molar-refractivity contribution in [3.05, 3.63) is 11.6 Å². The molecule has 1 N–H and O–H groups in total. The molecule has 0 aliphatic heterocycles. The Hall–Kier alpha value is -1.70. The Morgan fingerprint density at radius 3 is 1.42 bits per heavy atom. The molecule has 0 aromatic heterocycles. The SMILES string of the molecule is CC(=CC(F)(F)C(F)(F)C(F)(F)C(F)(F)C(F)(F)C(F)(F)CF)C(=O)O. The van der Waals surface area contributed by atoms with Crippen LogP contribution in [0.3, 0.4) is 0 Å². The van der Waals surface area contributed by atoms with Crippen LogP contribution in [-0.4, -0.2) is 53.3 Å². The van der Waals surface area contributed by atoms with Crippen molar-refractivity contribution in [2.24, 2.45) is 0 Å². The smallest absolute Gasteiger partial charge is 0.385 e. The lowest BCUT2D eigenvalue weighted by molar-refractivity contribution is -0.420. The molecule has 0 saturated carbocycles. The van der Waals surface area contributed by atoms with Crippen LogP contribution in [-0.2, 0) is 4.79 Å². The summed E-state index contributed by atoms with van der Waals surface area (Å²) in [5, 5.41) is 8.20. The first-order valence-corrected chi connectivity index (χ1v) is 5.89. The van der Waals surface area contributed by atoms with Crippen molar-refractivity contribution >= 4 is 5.97 Å². The van der Waals surface area contributed by atoms with Gasteiger partial charge >= 0.3 is 41.5 Å². The first-order valence-electron chi connectivity index (χ1n) is 5.89. The Kier molecular flexibility index (Phi) is 6.05. The highest BCUT2D eigenvalue weighted by molar-refractivity contribution is 5.86. The molecule has 0 atom stereocenters. The van der Waals surface area contributed by atoms with Crippen molar-refractivity contribution in [2.45, 2.75) is 42.5 Å². The standard InChI is InChI=1S/C11H7F13O2/c1-4(5(25)26)2-6(13,14)8(17,18)10(21,22)11(23,24)9(19,20)7(15,16)3-12/h2H,3H2,1H3,(H,25,26). The number of alkyl halides is 13. The number of aliphatic carboxylic acids is 1. The van der Waals surface area contributed by atoms with Gasteiger partial charge in [-0.2, -0.15) is 52.7 Å². The van der Waals surface area contributed by atoms with Crippen LogP contribution in [0.1, 0.15) is 6.92 Å². The van der Waals surface area contributed by atoms with Gasteiger partial charge in [0.25, 0.3) is 0 Å². The number of rotatable bonds is 8. The van der Waals surface area contributed by atoms with Crippen molar-refractivity contribution in [2.75, 3.05) is 6.67 Å². The minimum absolute atomic E-state index is 0.133. The molecular formula is C11H7F13O2. The summed E-state index contributed by atoms with van der Waals surface area (Å²) in [4.78, 5) is 10.2. The van der Waals surface area contributed by atoms with Gasteiger partial charge in [-0.05, 0) is 6.92 Å². The highest BCUT2D eigenvalue weighted by atomic mass is 19.4. The van der Waals surface area contributed by atoms with E-state index in [1.807, 2.05) is 0 Å². The molecule has 0 radical (unpaired) electrons. The molecule has 0 bridgehead atoms. The van der Waals surface area contributed by atoms with Crippen LogP contribution in [0.5, 0.6) is 0 Å². The van der Waals surface area contributed by atoms with Gasteiger partial charge in [0, 0.05) is 11.6 Å². The normalized spacial score (nSPS) is 16.0. The summed E-state index contributed by atoms with van der Waals surface area (Å²) in [5.41, 5.74) is -1.78. The minimum Gasteiger partial charge on any atom is -0.478 e. The molecule has 26 heavy (non-hydrogen) atoms. The van der Waals surface area contributed by atoms with Crippen LogP contribution in [0, 0.1) is 0 Å². The summed E-state index contributed by atoms with van der Waals surface area (Å²) in [5.74, 6) is -46.2. The number of hydrogen-bond acceptors (Lipinski definition) is 1. The second-order valence-corrected chi connectivity index (χ2v) is 4.89. The number of carboxylic acids is 1. The lowest BCUT2D eigenvalue weighted by atomic mass is 9.91. The number of carboxylic acid groups (broad SMARTS) is 1. The zero-order chi connectivity index (χ0) is 21.6. The summed E-state index contributed by atoms with van der Waals surface area (Å²) in [6.07, 6.45) is -1.45. The average molecular weight is 418 g/mol. The highest BCUT2D eigenvalue weighted by Gasteiger charge is 2.89. The molecule has 0 unspecified atom stereocenters. The van der Waals surface area contributed by atoms with Crippen LogP contribution < -0.4 is 0 Å². The highest BCUT2D eigenvalue weighted by Crippen LogP contribution is 2.60. The van der Waals surface area contributed by atoms with Gasteiger partial charge in [0.05, 0.1) is 0 Å². The molecule has 0 spiro atoms. The fraction of sp³-hybridized carbons (Fsp3) is 0.727. The van der Waals surface area contributed by atoms with Gasteiger partial charge in [-0.25, -0.2) is 9.18 Å². The number of allylic oxidation sites excluding steroid dienone is 1. The number of halogens is 13. The second-order valence-electron chi connectivity index (χ2n) is 4.89. The zero-order valence-corrected chi connectivity index (χ0v) is 12.1. The monoisotopic (exact) mass is 418 g/mol. The van der Waals surface area contributed by atoms with Crippen LogP contribution in [0.4, 0.5) is 57.1 Å². The molecular weight excluding hydrogens is 411 g/mol. The van der Waals surface area contributed by atoms with E-state index in [1.165, 1.54) is 0 Å². The number of carbonyl (C=O) groups is 1. The maximum absolute atomic E-state index is 13.2. The molecule has 2 nitrogen and oxygen atoms in total. The van der Waals surface area contributed by atoms with Gasteiger partial charge in [0.2, 0.25) is 0 Å². The Bertz CT molecular complexity index is 579. The van der Waals surface area contributed by atoms with Gasteiger partial charge < -0.3 is 5.11 Å². The topological polar surface area (TPSA) is 37.3 Å². The fourth-order valence-corrected chi connectivity index (χ4v) is 1.34. The van der Waals surface area contributed by atoms with E-state index < -0.39 is 59.8 Å². The van der Waals surface area contributed by atoms with Crippen molar-refractivity contribution in [1.29, 1.82) is 0 Å². The largest absolute Gasteiger partial charge is 0.478 e. The molecule has 15 heteroatoms. The summed E-state index contributed by atoms with van der Waals surface area (Å²) >= 11 is 0. The Balaban J connectivity index is 6.44. The lowest BCUT2D eigenvalue weighted by Gasteiger charge is -2.40. The molecule has 0 aromatic carbocycles. The predicted molar refractivity (Wildman–Crippen MR) is 57.0 cm³/mol. The van der Waals surface area contributed by atoms with E-state index in [0.29, 0.717) is 0 Å². The fourth-order valence-electron chi connectivity index (χ4n) is 1.34. The molecule has 154 valence electrons. The van der Waals surface area contributed by atoms with Gasteiger partial charge in [-0.1, -0.05) is 0 Å². The van der Waals surface area contributed by atoms with Gasteiger partial charge in [-0.15, -0.1) is 0 Å². The molecule has 0 amide bonds. The second kappa shape index (κ2) is 6.48. The van der Waals surface area contributed by atoms with E-state index >= 15 is 0 Å². The quantitative estimate of drug-likeness (QED) is 0.455.